The molecule has 0 fully saturated rings. The van der Waals surface area contributed by atoms with Gasteiger partial charge in [0.15, 0.2) is 5.78 Å². The Labute approximate surface area is 106 Å². The number of allylic oxidation sites excluding steroid dienone is 3. The lowest BCUT2D eigenvalue weighted by Gasteiger charge is -2.10. The van der Waals surface area contributed by atoms with E-state index in [0.717, 1.165) is 0 Å². The molecule has 0 saturated heterocycles. The first-order valence-electron chi connectivity index (χ1n) is 5.90. The Hall–Kier alpha value is -1.74. The first kappa shape index (κ1) is 14.3. The maximum Gasteiger partial charge on any atom is 0.195 e. The minimum Gasteiger partial charge on any atom is -0.380 e. The van der Waals surface area contributed by atoms with Crippen molar-refractivity contribution >= 4 is 5.78 Å². The minimum atomic E-state index is -1.20. The molecule has 1 atom stereocenters. The smallest absolute Gasteiger partial charge is 0.195 e. The van der Waals surface area contributed by atoms with Gasteiger partial charge in [0.1, 0.15) is 12.8 Å². The minimum absolute atomic E-state index is 0.339. The van der Waals surface area contributed by atoms with Gasteiger partial charge in [-0.3, -0.25) is 4.79 Å². The molecule has 1 N–H and O–H groups in total. The lowest BCUT2D eigenvalue weighted by molar-refractivity contribution is -0.123. The lowest BCUT2D eigenvalue weighted by atomic mass is 9.99. The topological polar surface area (TPSA) is 37.3 Å². The summed E-state index contributed by atoms with van der Waals surface area (Å²) in [4.78, 5) is 12.0. The third-order valence-corrected chi connectivity index (χ3v) is 2.46. The van der Waals surface area contributed by atoms with Crippen LogP contribution in [0.3, 0.4) is 0 Å². The Bertz CT molecular complexity index is 435. The molecule has 1 unspecified atom stereocenters. The molecule has 0 aromatic heterocycles. The highest BCUT2D eigenvalue weighted by molar-refractivity contribution is 6.01. The van der Waals surface area contributed by atoms with Crippen molar-refractivity contribution in [1.29, 1.82) is 0 Å². The second kappa shape index (κ2) is 7.56. The predicted molar refractivity (Wildman–Crippen MR) is 69.9 cm³/mol. The van der Waals surface area contributed by atoms with Gasteiger partial charge in [0.25, 0.3) is 0 Å². The van der Waals surface area contributed by atoms with E-state index in [4.69, 9.17) is 0 Å². The summed E-state index contributed by atoms with van der Waals surface area (Å²) >= 11 is 0. The van der Waals surface area contributed by atoms with E-state index in [1.54, 1.807) is 30.3 Å². The molecule has 1 aromatic rings. The number of aliphatic hydroxyl groups is 1. The summed E-state index contributed by atoms with van der Waals surface area (Å²) in [5.74, 6) is -0.409. The molecule has 1 aromatic carbocycles. The first-order valence-corrected chi connectivity index (χ1v) is 5.90. The number of benzene rings is 1. The average molecular weight is 248 g/mol. The molecule has 0 amide bonds. The van der Waals surface area contributed by atoms with Crippen LogP contribution >= 0.6 is 0 Å². The molecule has 2 nitrogen and oxygen atoms in total. The van der Waals surface area contributed by atoms with Crippen molar-refractivity contribution in [2.75, 3.05) is 6.67 Å². The van der Waals surface area contributed by atoms with E-state index in [2.05, 4.69) is 0 Å². The largest absolute Gasteiger partial charge is 0.380 e. The van der Waals surface area contributed by atoms with E-state index in [9.17, 15) is 14.3 Å². The molecule has 96 valence electrons. The molecule has 0 radical (unpaired) electrons. The zero-order valence-corrected chi connectivity index (χ0v) is 10.3. The van der Waals surface area contributed by atoms with Crippen LogP contribution < -0.4 is 0 Å². The zero-order chi connectivity index (χ0) is 13.4. The second-order valence-corrected chi connectivity index (χ2v) is 3.80. The highest BCUT2D eigenvalue weighted by Crippen LogP contribution is 2.18. The van der Waals surface area contributed by atoms with Crippen molar-refractivity contribution in [2.45, 2.75) is 19.4 Å². The number of Topliss-reactive ketones (excluding diaryl/α,β-unsaturated/α-hetero) is 1. The Balaban J connectivity index is 2.90. The molecular formula is C15H17FO2. The van der Waals surface area contributed by atoms with Crippen molar-refractivity contribution < 1.29 is 14.3 Å². The van der Waals surface area contributed by atoms with Gasteiger partial charge in [-0.25, -0.2) is 4.39 Å². The molecule has 0 aliphatic heterocycles. The summed E-state index contributed by atoms with van der Waals surface area (Å²) in [6.45, 7) is 1.25. The van der Waals surface area contributed by atoms with E-state index in [-0.39, 0.29) is 0 Å². The van der Waals surface area contributed by atoms with E-state index < -0.39 is 18.6 Å². The van der Waals surface area contributed by atoms with Crippen LogP contribution in [-0.2, 0) is 4.79 Å². The molecule has 0 heterocycles. The number of carbonyl (C=O) groups excluding carboxylic acids is 1. The predicted octanol–water partition coefficient (Wildman–Crippen LogP) is 3.15. The molecular weight excluding hydrogens is 231 g/mol. The number of carbonyl (C=O) groups is 1. The van der Waals surface area contributed by atoms with Gasteiger partial charge in [-0.05, 0) is 12.0 Å². The number of hydrogen-bond acceptors (Lipinski definition) is 2. The summed E-state index contributed by atoms with van der Waals surface area (Å²) < 4.78 is 12.1. The van der Waals surface area contributed by atoms with Crippen molar-refractivity contribution in [2.24, 2.45) is 0 Å². The average Bonchev–Trinajstić information content (AvgIpc) is 2.43. The van der Waals surface area contributed by atoms with Gasteiger partial charge in [-0.2, -0.15) is 0 Å². The Morgan fingerprint density at radius 3 is 2.61 bits per heavy atom. The fourth-order valence-corrected chi connectivity index (χ4v) is 1.59. The van der Waals surface area contributed by atoms with Crippen molar-refractivity contribution in [3.63, 3.8) is 0 Å². The van der Waals surface area contributed by atoms with Gasteiger partial charge in [-0.15, -0.1) is 0 Å². The summed E-state index contributed by atoms with van der Waals surface area (Å²) in [5.41, 5.74) is 0.879. The van der Waals surface area contributed by atoms with Gasteiger partial charge >= 0.3 is 0 Å². The summed E-state index contributed by atoms with van der Waals surface area (Å²) in [6.07, 6.45) is 3.81. The molecule has 0 aliphatic carbocycles. The van der Waals surface area contributed by atoms with Crippen LogP contribution in [-0.4, -0.2) is 17.6 Å². The zero-order valence-electron chi connectivity index (χ0n) is 10.3. The number of alkyl halides is 1. The SMILES string of the molecule is CC/C=C(\C=C/CF)C(=O)C(O)c1ccccc1. The molecule has 0 aliphatic rings. The third kappa shape index (κ3) is 3.93. The number of halogens is 1. The van der Waals surface area contributed by atoms with Gasteiger partial charge < -0.3 is 5.11 Å². The number of rotatable bonds is 6. The third-order valence-electron chi connectivity index (χ3n) is 2.46. The molecule has 3 heteroatoms. The van der Waals surface area contributed by atoms with Crippen molar-refractivity contribution in [1.82, 2.24) is 0 Å². The van der Waals surface area contributed by atoms with E-state index in [1.807, 2.05) is 13.0 Å². The van der Waals surface area contributed by atoms with Crippen LogP contribution in [0.1, 0.15) is 25.0 Å². The van der Waals surface area contributed by atoms with Crippen LogP contribution in [0.15, 0.2) is 54.1 Å². The Morgan fingerprint density at radius 1 is 1.39 bits per heavy atom. The van der Waals surface area contributed by atoms with Crippen LogP contribution in [0.2, 0.25) is 0 Å². The first-order chi connectivity index (χ1) is 8.70. The number of hydrogen-bond donors (Lipinski definition) is 1. The standard InChI is InChI=1S/C15H17FO2/c1-2-7-12(10-6-11-16)14(17)15(18)13-8-4-3-5-9-13/h3-10,15,18H,2,11H2,1H3/b10-6-,12-7+. The molecule has 18 heavy (non-hydrogen) atoms. The maximum absolute atomic E-state index is 12.1. The van der Waals surface area contributed by atoms with Crippen LogP contribution in [0.5, 0.6) is 0 Å². The number of ketones is 1. The Morgan fingerprint density at radius 2 is 2.06 bits per heavy atom. The quantitative estimate of drug-likeness (QED) is 0.620. The lowest BCUT2D eigenvalue weighted by Crippen LogP contribution is -2.13. The van der Waals surface area contributed by atoms with Crippen LogP contribution in [0.4, 0.5) is 4.39 Å². The molecule has 0 bridgehead atoms. The molecule has 0 spiro atoms. The molecule has 1 rings (SSSR count). The van der Waals surface area contributed by atoms with Crippen molar-refractivity contribution in [3.8, 4) is 0 Å². The van der Waals surface area contributed by atoms with Crippen LogP contribution in [0, 0.1) is 0 Å². The second-order valence-electron chi connectivity index (χ2n) is 3.80. The molecule has 0 saturated carbocycles. The fourth-order valence-electron chi connectivity index (χ4n) is 1.59. The van der Waals surface area contributed by atoms with Gasteiger partial charge in [0, 0.05) is 5.57 Å². The normalized spacial score (nSPS) is 13.8. The van der Waals surface area contributed by atoms with E-state index >= 15 is 0 Å². The maximum atomic E-state index is 12.1. The highest BCUT2D eigenvalue weighted by atomic mass is 19.1. The van der Waals surface area contributed by atoms with E-state index in [1.165, 1.54) is 12.2 Å². The van der Waals surface area contributed by atoms with Crippen molar-refractivity contribution in [3.05, 3.63) is 59.7 Å². The van der Waals surface area contributed by atoms with Gasteiger partial charge in [0.2, 0.25) is 0 Å². The number of aliphatic hydroxyl groups excluding tert-OH is 1. The summed E-state index contributed by atoms with van der Waals surface area (Å²) in [5, 5.41) is 9.97. The summed E-state index contributed by atoms with van der Waals surface area (Å²) in [7, 11) is 0. The van der Waals surface area contributed by atoms with Gasteiger partial charge in [0.05, 0.1) is 0 Å². The van der Waals surface area contributed by atoms with E-state index in [0.29, 0.717) is 17.6 Å². The van der Waals surface area contributed by atoms with Gasteiger partial charge in [-0.1, -0.05) is 55.5 Å². The Kier molecular flexibility index (Phi) is 6.01. The monoisotopic (exact) mass is 248 g/mol. The summed E-state index contributed by atoms with van der Waals surface area (Å²) in [6, 6.07) is 8.70. The fraction of sp³-hybridized carbons (Fsp3) is 0.267. The highest BCUT2D eigenvalue weighted by Gasteiger charge is 2.19. The van der Waals surface area contributed by atoms with Crippen LogP contribution in [0.25, 0.3) is 0 Å².